The molecule has 1 aromatic carbocycles. The third-order valence-electron chi connectivity index (χ3n) is 4.46. The van der Waals surface area contributed by atoms with Crippen LogP contribution in [0.5, 0.6) is 5.75 Å². The summed E-state index contributed by atoms with van der Waals surface area (Å²) in [4.78, 5) is 38.1. The number of carbonyl (C=O) groups is 3. The molecule has 7 nitrogen and oxygen atoms in total. The Bertz CT molecular complexity index is 685. The first-order valence-electron chi connectivity index (χ1n) is 7.60. The van der Waals surface area contributed by atoms with E-state index in [2.05, 4.69) is 4.90 Å². The number of benzene rings is 1. The molecule has 0 spiro atoms. The fourth-order valence-corrected chi connectivity index (χ4v) is 3.55. The van der Waals surface area contributed by atoms with E-state index in [0.717, 1.165) is 5.56 Å². The van der Waals surface area contributed by atoms with Crippen molar-refractivity contribution in [1.29, 1.82) is 0 Å². The highest BCUT2D eigenvalue weighted by atomic mass is 35.5. The first-order chi connectivity index (χ1) is 11.4. The number of carbonyl (C=O) groups excluding carboxylic acids is 3. The van der Waals surface area contributed by atoms with Crippen LogP contribution in [0.25, 0.3) is 0 Å². The van der Waals surface area contributed by atoms with E-state index in [9.17, 15) is 14.4 Å². The molecule has 0 saturated carbocycles. The molecule has 3 amide bonds. The molecule has 2 atom stereocenters. The van der Waals surface area contributed by atoms with Crippen molar-refractivity contribution in [3.05, 3.63) is 28.8 Å². The highest BCUT2D eigenvalue weighted by Crippen LogP contribution is 2.34. The van der Waals surface area contributed by atoms with Crippen molar-refractivity contribution >= 4 is 29.3 Å². The number of primary amides is 1. The number of rotatable bonds is 5. The predicted octanol–water partition coefficient (Wildman–Crippen LogP) is 0.251. The topological polar surface area (TPSA) is 92.9 Å². The second-order valence-corrected chi connectivity index (χ2v) is 6.57. The third-order valence-corrected chi connectivity index (χ3v) is 4.76. The van der Waals surface area contributed by atoms with E-state index < -0.39 is 5.91 Å². The molecule has 3 rings (SSSR count). The molecule has 0 radical (unpaired) electrons. The molecule has 0 aromatic heterocycles. The highest BCUT2D eigenvalue weighted by molar-refractivity contribution is 6.32. The SMILES string of the molecule is CN1C(=O)[C@H]2CN(Cc3ccc(OCC(N)=O)c(Cl)c3)C[C@H]2C1=O. The Morgan fingerprint density at radius 2 is 1.92 bits per heavy atom. The summed E-state index contributed by atoms with van der Waals surface area (Å²) in [6.45, 7) is 1.49. The molecule has 2 aliphatic heterocycles. The van der Waals surface area contributed by atoms with Gasteiger partial charge in [-0.25, -0.2) is 0 Å². The van der Waals surface area contributed by atoms with Gasteiger partial charge in [-0.1, -0.05) is 17.7 Å². The molecule has 2 saturated heterocycles. The van der Waals surface area contributed by atoms with Gasteiger partial charge in [-0.15, -0.1) is 0 Å². The molecule has 0 aliphatic carbocycles. The van der Waals surface area contributed by atoms with E-state index in [4.69, 9.17) is 22.1 Å². The van der Waals surface area contributed by atoms with Gasteiger partial charge in [0.15, 0.2) is 6.61 Å². The Morgan fingerprint density at radius 3 is 2.46 bits per heavy atom. The smallest absolute Gasteiger partial charge is 0.255 e. The van der Waals surface area contributed by atoms with Crippen LogP contribution in [0, 0.1) is 11.8 Å². The quantitative estimate of drug-likeness (QED) is 0.768. The number of imide groups is 1. The van der Waals surface area contributed by atoms with Gasteiger partial charge in [0.05, 0.1) is 16.9 Å². The number of hydrogen-bond acceptors (Lipinski definition) is 5. The summed E-state index contributed by atoms with van der Waals surface area (Å²) in [5, 5.41) is 0.389. The van der Waals surface area contributed by atoms with Crippen LogP contribution in [0.2, 0.25) is 5.02 Å². The summed E-state index contributed by atoms with van der Waals surface area (Å²) >= 11 is 6.15. The van der Waals surface area contributed by atoms with Crippen LogP contribution in [0.4, 0.5) is 0 Å². The van der Waals surface area contributed by atoms with Crippen molar-refractivity contribution < 1.29 is 19.1 Å². The molecule has 24 heavy (non-hydrogen) atoms. The lowest BCUT2D eigenvalue weighted by Gasteiger charge is -2.19. The number of ether oxygens (including phenoxy) is 1. The van der Waals surface area contributed by atoms with Crippen LogP contribution in [0.3, 0.4) is 0 Å². The summed E-state index contributed by atoms with van der Waals surface area (Å²) in [7, 11) is 1.54. The van der Waals surface area contributed by atoms with Gasteiger partial charge < -0.3 is 10.5 Å². The minimum absolute atomic E-state index is 0.0965. The van der Waals surface area contributed by atoms with Gasteiger partial charge in [-0.3, -0.25) is 24.2 Å². The monoisotopic (exact) mass is 351 g/mol. The van der Waals surface area contributed by atoms with Gasteiger partial charge in [0.25, 0.3) is 5.91 Å². The van der Waals surface area contributed by atoms with Gasteiger partial charge in [0.2, 0.25) is 11.8 Å². The first-order valence-corrected chi connectivity index (χ1v) is 7.98. The minimum Gasteiger partial charge on any atom is -0.482 e. The van der Waals surface area contributed by atoms with Crippen molar-refractivity contribution in [3.63, 3.8) is 0 Å². The average Bonchev–Trinajstić information content (AvgIpc) is 3.02. The van der Waals surface area contributed by atoms with Crippen LogP contribution in [-0.4, -0.2) is 54.3 Å². The predicted molar refractivity (Wildman–Crippen MR) is 86.2 cm³/mol. The second-order valence-electron chi connectivity index (χ2n) is 6.16. The lowest BCUT2D eigenvalue weighted by atomic mass is 10.00. The van der Waals surface area contributed by atoms with E-state index in [1.54, 1.807) is 12.1 Å². The highest BCUT2D eigenvalue weighted by Gasteiger charge is 2.50. The fourth-order valence-electron chi connectivity index (χ4n) is 3.29. The van der Waals surface area contributed by atoms with E-state index in [-0.39, 0.29) is 30.3 Å². The van der Waals surface area contributed by atoms with E-state index in [0.29, 0.717) is 30.4 Å². The molecule has 2 N–H and O–H groups in total. The van der Waals surface area contributed by atoms with E-state index >= 15 is 0 Å². The third kappa shape index (κ3) is 3.09. The number of hydrogen-bond donors (Lipinski definition) is 1. The Kier molecular flexibility index (Phi) is 4.47. The molecule has 2 aliphatic rings. The molecule has 128 valence electrons. The molecule has 8 heteroatoms. The Labute approximate surface area is 144 Å². The van der Waals surface area contributed by atoms with Crippen molar-refractivity contribution in [3.8, 4) is 5.75 Å². The van der Waals surface area contributed by atoms with Crippen molar-refractivity contribution in [2.75, 3.05) is 26.7 Å². The normalized spacial score (nSPS) is 23.7. The molecule has 2 fully saturated rings. The van der Waals surface area contributed by atoms with Crippen LogP contribution in [0.1, 0.15) is 5.56 Å². The van der Waals surface area contributed by atoms with Crippen LogP contribution < -0.4 is 10.5 Å². The standard InChI is InChI=1S/C16H18ClN3O4/c1-19-15(22)10-6-20(7-11(10)16(19)23)5-9-2-3-13(12(17)4-9)24-8-14(18)21/h2-4,10-11H,5-8H2,1H3,(H2,18,21)/t10-,11+. The summed E-state index contributed by atoms with van der Waals surface area (Å²) in [6.07, 6.45) is 0. The van der Waals surface area contributed by atoms with Gasteiger partial charge in [-0.05, 0) is 17.7 Å². The number of fused-ring (bicyclic) bond motifs is 1. The van der Waals surface area contributed by atoms with Crippen LogP contribution in [-0.2, 0) is 20.9 Å². The zero-order chi connectivity index (χ0) is 17.4. The molecular weight excluding hydrogens is 334 g/mol. The van der Waals surface area contributed by atoms with Crippen molar-refractivity contribution in [2.24, 2.45) is 17.6 Å². The Balaban J connectivity index is 1.64. The molecule has 0 unspecified atom stereocenters. The zero-order valence-electron chi connectivity index (χ0n) is 13.2. The van der Waals surface area contributed by atoms with Gasteiger partial charge in [0.1, 0.15) is 5.75 Å². The summed E-state index contributed by atoms with van der Waals surface area (Å²) in [5.41, 5.74) is 5.98. The molecule has 1 aromatic rings. The maximum atomic E-state index is 12.0. The average molecular weight is 352 g/mol. The summed E-state index contributed by atoms with van der Waals surface area (Å²) in [6, 6.07) is 5.27. The number of nitrogens with two attached hydrogens (primary N) is 1. The molecular formula is C16H18ClN3O4. The van der Waals surface area contributed by atoms with Crippen molar-refractivity contribution in [1.82, 2.24) is 9.80 Å². The maximum Gasteiger partial charge on any atom is 0.255 e. The van der Waals surface area contributed by atoms with Crippen molar-refractivity contribution in [2.45, 2.75) is 6.54 Å². The molecule has 0 bridgehead atoms. The second kappa shape index (κ2) is 6.41. The largest absolute Gasteiger partial charge is 0.482 e. The summed E-state index contributed by atoms with van der Waals surface area (Å²) in [5.74, 6) is -0.851. The number of nitrogens with zero attached hydrogens (tertiary/aromatic N) is 2. The van der Waals surface area contributed by atoms with E-state index in [1.807, 2.05) is 6.07 Å². The fraction of sp³-hybridized carbons (Fsp3) is 0.438. The van der Waals surface area contributed by atoms with E-state index in [1.165, 1.54) is 11.9 Å². The van der Waals surface area contributed by atoms with Gasteiger partial charge in [-0.2, -0.15) is 0 Å². The lowest BCUT2D eigenvalue weighted by Crippen LogP contribution is -2.32. The Morgan fingerprint density at radius 1 is 1.29 bits per heavy atom. The lowest BCUT2D eigenvalue weighted by molar-refractivity contribution is -0.139. The van der Waals surface area contributed by atoms with Gasteiger partial charge in [0, 0.05) is 26.7 Å². The Hall–Kier alpha value is -2.12. The summed E-state index contributed by atoms with van der Waals surface area (Å²) < 4.78 is 5.21. The number of halogens is 1. The van der Waals surface area contributed by atoms with Gasteiger partial charge >= 0.3 is 0 Å². The zero-order valence-corrected chi connectivity index (χ0v) is 14.0. The minimum atomic E-state index is -0.571. The number of likely N-dealkylation sites (tertiary alicyclic amines) is 2. The van der Waals surface area contributed by atoms with Crippen LogP contribution >= 0.6 is 11.6 Å². The maximum absolute atomic E-state index is 12.0. The molecule has 2 heterocycles. The van der Waals surface area contributed by atoms with Crippen LogP contribution in [0.15, 0.2) is 18.2 Å². The first kappa shape index (κ1) is 16.7. The number of amides is 3.